The van der Waals surface area contributed by atoms with Crippen LogP contribution in [0.4, 0.5) is 0 Å². The van der Waals surface area contributed by atoms with Gasteiger partial charge in [-0.2, -0.15) is 0 Å². The molecule has 4 heteroatoms. The van der Waals surface area contributed by atoms with Crippen LogP contribution in [-0.2, 0) is 11.3 Å². The third kappa shape index (κ3) is 4.00. The van der Waals surface area contributed by atoms with Crippen LogP contribution in [0.2, 0.25) is 5.02 Å². The van der Waals surface area contributed by atoms with Crippen LogP contribution in [0.3, 0.4) is 0 Å². The van der Waals surface area contributed by atoms with Gasteiger partial charge >= 0.3 is 0 Å². The molecule has 0 saturated heterocycles. The molecule has 0 aliphatic rings. The van der Waals surface area contributed by atoms with Crippen molar-refractivity contribution >= 4 is 11.6 Å². The Morgan fingerprint density at radius 2 is 2.12 bits per heavy atom. The Bertz CT molecular complexity index is 331. The summed E-state index contributed by atoms with van der Waals surface area (Å²) in [4.78, 5) is 0. The molecule has 0 aliphatic heterocycles. The molecule has 1 rings (SSSR count). The van der Waals surface area contributed by atoms with Gasteiger partial charge in [0.15, 0.2) is 0 Å². The molecule has 0 amide bonds. The maximum atomic E-state index is 5.89. The molecule has 0 fully saturated rings. The summed E-state index contributed by atoms with van der Waals surface area (Å²) in [7, 11) is 3.34. The van der Waals surface area contributed by atoms with Crippen molar-refractivity contribution in [3.8, 4) is 5.75 Å². The van der Waals surface area contributed by atoms with Gasteiger partial charge in [-0.25, -0.2) is 0 Å². The Kier molecular flexibility index (Phi) is 5.60. The molecule has 90 valence electrons. The van der Waals surface area contributed by atoms with Crippen molar-refractivity contribution in [3.63, 3.8) is 0 Å². The Balaban J connectivity index is 2.59. The molecular formula is C12H18ClNO2. The molecule has 0 saturated carbocycles. The lowest BCUT2D eigenvalue weighted by atomic mass is 10.2. The second-order valence-electron chi connectivity index (χ2n) is 3.69. The van der Waals surface area contributed by atoms with E-state index < -0.39 is 0 Å². The maximum absolute atomic E-state index is 5.89. The number of nitrogens with one attached hydrogen (secondary N) is 1. The summed E-state index contributed by atoms with van der Waals surface area (Å²) in [5.41, 5.74) is 1.09. The fourth-order valence-electron chi connectivity index (χ4n) is 1.46. The molecule has 16 heavy (non-hydrogen) atoms. The quantitative estimate of drug-likeness (QED) is 0.833. The van der Waals surface area contributed by atoms with Crippen LogP contribution < -0.4 is 10.1 Å². The van der Waals surface area contributed by atoms with Crippen LogP contribution >= 0.6 is 11.6 Å². The smallest absolute Gasteiger partial charge is 0.124 e. The molecule has 1 unspecified atom stereocenters. The van der Waals surface area contributed by atoms with Crippen molar-refractivity contribution in [1.29, 1.82) is 0 Å². The zero-order valence-electron chi connectivity index (χ0n) is 9.92. The van der Waals surface area contributed by atoms with E-state index in [1.807, 2.05) is 18.2 Å². The minimum absolute atomic E-state index is 0.311. The molecule has 1 aromatic rings. The van der Waals surface area contributed by atoms with E-state index in [4.69, 9.17) is 21.1 Å². The number of methoxy groups -OCH3 is 2. The number of benzene rings is 1. The Morgan fingerprint density at radius 3 is 2.75 bits per heavy atom. The summed E-state index contributed by atoms with van der Waals surface area (Å²) in [6.45, 7) is 3.51. The van der Waals surface area contributed by atoms with Gasteiger partial charge in [0.2, 0.25) is 0 Å². The molecule has 0 spiro atoms. The van der Waals surface area contributed by atoms with Crippen LogP contribution in [0.5, 0.6) is 5.75 Å². The summed E-state index contributed by atoms with van der Waals surface area (Å²) >= 11 is 5.89. The molecule has 3 nitrogen and oxygen atoms in total. The predicted molar refractivity (Wildman–Crippen MR) is 66.2 cm³/mol. The van der Waals surface area contributed by atoms with Gasteiger partial charge in [0.25, 0.3) is 0 Å². The summed E-state index contributed by atoms with van der Waals surface area (Å²) in [6.07, 6.45) is 0. The Labute approximate surface area is 102 Å². The Morgan fingerprint density at radius 1 is 1.38 bits per heavy atom. The monoisotopic (exact) mass is 243 g/mol. The van der Waals surface area contributed by atoms with Gasteiger partial charge in [-0.3, -0.25) is 0 Å². The van der Waals surface area contributed by atoms with Gasteiger partial charge in [-0.15, -0.1) is 0 Å². The first-order chi connectivity index (χ1) is 7.67. The van der Waals surface area contributed by atoms with Crippen molar-refractivity contribution in [1.82, 2.24) is 5.32 Å². The zero-order valence-corrected chi connectivity index (χ0v) is 10.7. The summed E-state index contributed by atoms with van der Waals surface area (Å²) in [5.74, 6) is 0.810. The van der Waals surface area contributed by atoms with Crippen LogP contribution in [0.15, 0.2) is 18.2 Å². The highest BCUT2D eigenvalue weighted by atomic mass is 35.5. The normalized spacial score (nSPS) is 12.5. The molecular weight excluding hydrogens is 226 g/mol. The van der Waals surface area contributed by atoms with E-state index in [-0.39, 0.29) is 0 Å². The standard InChI is InChI=1S/C12H18ClNO2/c1-9(8-15-2)14-7-10-4-5-11(13)6-12(10)16-3/h4-6,9,14H,7-8H2,1-3H3. The van der Waals surface area contributed by atoms with Crippen molar-refractivity contribution in [2.45, 2.75) is 19.5 Å². The number of rotatable bonds is 6. The van der Waals surface area contributed by atoms with Gasteiger partial charge in [0.05, 0.1) is 13.7 Å². The first kappa shape index (κ1) is 13.3. The van der Waals surface area contributed by atoms with E-state index >= 15 is 0 Å². The average Bonchev–Trinajstić information content (AvgIpc) is 2.27. The van der Waals surface area contributed by atoms with E-state index in [2.05, 4.69) is 12.2 Å². The first-order valence-electron chi connectivity index (χ1n) is 5.22. The highest BCUT2D eigenvalue weighted by molar-refractivity contribution is 6.30. The third-order valence-electron chi connectivity index (χ3n) is 2.31. The summed E-state index contributed by atoms with van der Waals surface area (Å²) < 4.78 is 10.3. The molecule has 1 atom stereocenters. The van der Waals surface area contributed by atoms with E-state index in [0.29, 0.717) is 17.7 Å². The van der Waals surface area contributed by atoms with Crippen molar-refractivity contribution in [2.75, 3.05) is 20.8 Å². The fourth-order valence-corrected chi connectivity index (χ4v) is 1.62. The van der Waals surface area contributed by atoms with Crippen LogP contribution in [0.25, 0.3) is 0 Å². The summed E-state index contributed by atoms with van der Waals surface area (Å²) in [6, 6.07) is 5.96. The SMILES string of the molecule is COCC(C)NCc1ccc(Cl)cc1OC. The number of hydrogen-bond donors (Lipinski definition) is 1. The molecule has 0 heterocycles. The average molecular weight is 244 g/mol. The molecule has 1 N–H and O–H groups in total. The number of hydrogen-bond acceptors (Lipinski definition) is 3. The second-order valence-corrected chi connectivity index (χ2v) is 4.13. The van der Waals surface area contributed by atoms with Gasteiger partial charge < -0.3 is 14.8 Å². The molecule has 1 aromatic carbocycles. The van der Waals surface area contributed by atoms with E-state index in [9.17, 15) is 0 Å². The van der Waals surface area contributed by atoms with E-state index in [0.717, 1.165) is 17.9 Å². The highest BCUT2D eigenvalue weighted by Crippen LogP contribution is 2.22. The lowest BCUT2D eigenvalue weighted by Gasteiger charge is -2.14. The second kappa shape index (κ2) is 6.74. The largest absolute Gasteiger partial charge is 0.496 e. The van der Waals surface area contributed by atoms with E-state index in [1.54, 1.807) is 14.2 Å². The van der Waals surface area contributed by atoms with Gasteiger partial charge in [-0.05, 0) is 19.1 Å². The molecule has 0 bridgehead atoms. The fraction of sp³-hybridized carbons (Fsp3) is 0.500. The minimum Gasteiger partial charge on any atom is -0.496 e. The maximum Gasteiger partial charge on any atom is 0.124 e. The van der Waals surface area contributed by atoms with Crippen LogP contribution in [0.1, 0.15) is 12.5 Å². The minimum atomic E-state index is 0.311. The number of halogens is 1. The van der Waals surface area contributed by atoms with Gasteiger partial charge in [0, 0.05) is 30.3 Å². The first-order valence-corrected chi connectivity index (χ1v) is 5.60. The third-order valence-corrected chi connectivity index (χ3v) is 2.54. The van der Waals surface area contributed by atoms with Gasteiger partial charge in [-0.1, -0.05) is 17.7 Å². The predicted octanol–water partition coefficient (Wildman–Crippen LogP) is 2.47. The molecule has 0 aliphatic carbocycles. The van der Waals surface area contributed by atoms with E-state index in [1.165, 1.54) is 0 Å². The topological polar surface area (TPSA) is 30.5 Å². The lowest BCUT2D eigenvalue weighted by Crippen LogP contribution is -2.29. The zero-order chi connectivity index (χ0) is 12.0. The van der Waals surface area contributed by atoms with Crippen LogP contribution in [-0.4, -0.2) is 26.9 Å². The Hall–Kier alpha value is -0.770. The van der Waals surface area contributed by atoms with Crippen molar-refractivity contribution in [2.24, 2.45) is 0 Å². The lowest BCUT2D eigenvalue weighted by molar-refractivity contribution is 0.171. The highest BCUT2D eigenvalue weighted by Gasteiger charge is 2.05. The summed E-state index contributed by atoms with van der Waals surface area (Å²) in [5, 5.41) is 4.03. The molecule has 0 aromatic heterocycles. The number of ether oxygens (including phenoxy) is 2. The van der Waals surface area contributed by atoms with Gasteiger partial charge in [0.1, 0.15) is 5.75 Å². The molecule has 0 radical (unpaired) electrons. The van der Waals surface area contributed by atoms with Crippen LogP contribution in [0, 0.1) is 0 Å². The van der Waals surface area contributed by atoms with Crippen molar-refractivity contribution in [3.05, 3.63) is 28.8 Å². The van der Waals surface area contributed by atoms with Crippen molar-refractivity contribution < 1.29 is 9.47 Å².